The van der Waals surface area contributed by atoms with Crippen LogP contribution in [-0.4, -0.2) is 28.8 Å². The quantitative estimate of drug-likeness (QED) is 0.883. The average Bonchev–Trinajstić information content (AvgIpc) is 2.88. The van der Waals surface area contributed by atoms with E-state index >= 15 is 0 Å². The van der Waals surface area contributed by atoms with Crippen molar-refractivity contribution in [2.75, 3.05) is 0 Å². The van der Waals surface area contributed by atoms with E-state index in [4.69, 9.17) is 0 Å². The van der Waals surface area contributed by atoms with E-state index < -0.39 is 9.84 Å². The average molecular weight is 272 g/mol. The van der Waals surface area contributed by atoms with Crippen LogP contribution in [0.2, 0.25) is 0 Å². The Morgan fingerprint density at radius 1 is 1.47 bits per heavy atom. The first-order valence-corrected chi connectivity index (χ1v) is 7.67. The van der Waals surface area contributed by atoms with Crippen LogP contribution in [0.4, 0.5) is 0 Å². The van der Waals surface area contributed by atoms with E-state index in [-0.39, 0.29) is 10.8 Å². The van der Waals surface area contributed by atoms with Crippen molar-refractivity contribution in [3.8, 4) is 0 Å². The summed E-state index contributed by atoms with van der Waals surface area (Å²) in [6.45, 7) is 2.06. The lowest BCUT2D eigenvalue weighted by Gasteiger charge is -1.96. The zero-order chi connectivity index (χ0) is 12.3. The topological polar surface area (TPSA) is 88.6 Å². The first-order valence-electron chi connectivity index (χ1n) is 5.13. The third-order valence-electron chi connectivity index (χ3n) is 2.11. The Labute approximate surface area is 103 Å². The molecule has 0 atom stereocenters. The molecular formula is C9H12N4O2S2. The SMILES string of the molecule is CCCc1nc(CS(=O)(=O)c2cn[nH]n2)cs1. The first kappa shape index (κ1) is 12.2. The monoisotopic (exact) mass is 272 g/mol. The van der Waals surface area contributed by atoms with Crippen molar-refractivity contribution in [3.63, 3.8) is 0 Å². The van der Waals surface area contributed by atoms with Crippen LogP contribution >= 0.6 is 11.3 Å². The van der Waals surface area contributed by atoms with E-state index in [0.29, 0.717) is 5.69 Å². The van der Waals surface area contributed by atoms with Gasteiger partial charge >= 0.3 is 0 Å². The number of aromatic nitrogens is 4. The van der Waals surface area contributed by atoms with Crippen molar-refractivity contribution < 1.29 is 8.42 Å². The number of nitrogens with one attached hydrogen (secondary N) is 1. The molecule has 17 heavy (non-hydrogen) atoms. The van der Waals surface area contributed by atoms with E-state index in [0.717, 1.165) is 17.8 Å². The number of hydrogen-bond acceptors (Lipinski definition) is 6. The third-order valence-corrected chi connectivity index (χ3v) is 4.58. The minimum atomic E-state index is -3.43. The van der Waals surface area contributed by atoms with Crippen molar-refractivity contribution >= 4 is 21.2 Å². The molecule has 0 amide bonds. The van der Waals surface area contributed by atoms with Gasteiger partial charge in [-0.15, -0.1) is 16.4 Å². The molecule has 2 rings (SSSR count). The second kappa shape index (κ2) is 4.92. The molecule has 0 aliphatic rings. The Balaban J connectivity index is 2.15. The van der Waals surface area contributed by atoms with E-state index in [1.165, 1.54) is 17.5 Å². The van der Waals surface area contributed by atoms with Crippen molar-refractivity contribution in [2.24, 2.45) is 0 Å². The minimum Gasteiger partial charge on any atom is -0.245 e. The van der Waals surface area contributed by atoms with Gasteiger partial charge in [0.05, 0.1) is 22.7 Å². The van der Waals surface area contributed by atoms with Crippen molar-refractivity contribution in [1.29, 1.82) is 0 Å². The molecule has 0 bridgehead atoms. The molecule has 2 heterocycles. The summed E-state index contributed by atoms with van der Waals surface area (Å²) in [4.78, 5) is 4.28. The Morgan fingerprint density at radius 3 is 2.94 bits per heavy atom. The van der Waals surface area contributed by atoms with Gasteiger partial charge < -0.3 is 0 Å². The lowest BCUT2D eigenvalue weighted by Crippen LogP contribution is -2.06. The standard InChI is InChI=1S/C9H12N4O2S2/c1-2-3-8-11-7(5-16-8)6-17(14,15)9-4-10-13-12-9/h4-5H,2-3,6H2,1H3,(H,10,12,13). The lowest BCUT2D eigenvalue weighted by atomic mass is 10.3. The van der Waals surface area contributed by atoms with Crippen LogP contribution in [0.1, 0.15) is 24.0 Å². The van der Waals surface area contributed by atoms with Gasteiger partial charge in [0.15, 0.2) is 5.03 Å². The number of thiazole rings is 1. The van der Waals surface area contributed by atoms with Gasteiger partial charge in [0.1, 0.15) is 0 Å². The Kier molecular flexibility index (Phi) is 3.53. The predicted molar refractivity (Wildman–Crippen MR) is 63.4 cm³/mol. The minimum absolute atomic E-state index is 0.0393. The number of rotatable bonds is 5. The van der Waals surface area contributed by atoms with Crippen LogP contribution in [-0.2, 0) is 22.0 Å². The molecule has 0 radical (unpaired) electrons. The van der Waals surface area contributed by atoms with E-state index in [2.05, 4.69) is 27.3 Å². The van der Waals surface area contributed by atoms with Gasteiger partial charge in [-0.3, -0.25) is 0 Å². The number of sulfone groups is 1. The maximum Gasteiger partial charge on any atom is 0.204 e. The lowest BCUT2D eigenvalue weighted by molar-refractivity contribution is 0.590. The molecule has 0 saturated heterocycles. The second-order valence-electron chi connectivity index (χ2n) is 3.55. The Morgan fingerprint density at radius 2 is 2.29 bits per heavy atom. The molecule has 0 saturated carbocycles. The summed E-state index contributed by atoms with van der Waals surface area (Å²) in [6, 6.07) is 0. The molecule has 0 aliphatic carbocycles. The summed E-state index contributed by atoms with van der Waals surface area (Å²) >= 11 is 1.49. The summed E-state index contributed by atoms with van der Waals surface area (Å²) in [5.41, 5.74) is 0.571. The number of hydrogen-bond donors (Lipinski definition) is 1. The smallest absolute Gasteiger partial charge is 0.204 e. The fourth-order valence-electron chi connectivity index (χ4n) is 1.35. The van der Waals surface area contributed by atoms with Crippen LogP contribution in [0.3, 0.4) is 0 Å². The molecule has 0 unspecified atom stereocenters. The summed E-state index contributed by atoms with van der Waals surface area (Å²) in [7, 11) is -3.43. The summed E-state index contributed by atoms with van der Waals surface area (Å²) < 4.78 is 23.7. The predicted octanol–water partition coefficient (Wildman–Crippen LogP) is 1.19. The zero-order valence-corrected chi connectivity index (χ0v) is 10.9. The Hall–Kier alpha value is -1.28. The van der Waals surface area contributed by atoms with Crippen LogP contribution < -0.4 is 0 Å². The summed E-state index contributed by atoms with van der Waals surface area (Å²) in [6.07, 6.45) is 3.09. The van der Waals surface area contributed by atoms with Crippen molar-refractivity contribution in [1.82, 2.24) is 20.4 Å². The van der Waals surface area contributed by atoms with Crippen LogP contribution in [0.25, 0.3) is 0 Å². The number of H-pyrrole nitrogens is 1. The highest BCUT2D eigenvalue weighted by atomic mass is 32.2. The molecular weight excluding hydrogens is 260 g/mol. The fraction of sp³-hybridized carbons (Fsp3) is 0.444. The van der Waals surface area contributed by atoms with Crippen molar-refractivity contribution in [3.05, 3.63) is 22.3 Å². The molecule has 8 heteroatoms. The second-order valence-corrected chi connectivity index (χ2v) is 6.43. The van der Waals surface area contributed by atoms with Crippen molar-refractivity contribution in [2.45, 2.75) is 30.5 Å². The molecule has 0 aromatic carbocycles. The maximum atomic E-state index is 11.9. The third kappa shape index (κ3) is 2.89. The van der Waals surface area contributed by atoms with E-state index in [1.54, 1.807) is 5.38 Å². The molecule has 0 spiro atoms. The normalized spacial score (nSPS) is 11.8. The van der Waals surface area contributed by atoms with Gasteiger partial charge in [0, 0.05) is 5.38 Å². The van der Waals surface area contributed by atoms with Gasteiger partial charge in [-0.2, -0.15) is 10.3 Å². The molecule has 0 fully saturated rings. The van der Waals surface area contributed by atoms with Crippen LogP contribution in [0.15, 0.2) is 16.6 Å². The number of nitrogens with zero attached hydrogens (tertiary/aromatic N) is 3. The number of aromatic amines is 1. The highest BCUT2D eigenvalue weighted by Crippen LogP contribution is 2.17. The molecule has 1 N–H and O–H groups in total. The highest BCUT2D eigenvalue weighted by Gasteiger charge is 2.19. The van der Waals surface area contributed by atoms with Gasteiger partial charge in [-0.1, -0.05) is 6.92 Å². The van der Waals surface area contributed by atoms with E-state index in [1.807, 2.05) is 0 Å². The van der Waals surface area contributed by atoms with Gasteiger partial charge in [-0.05, 0) is 12.8 Å². The summed E-state index contributed by atoms with van der Waals surface area (Å²) in [5, 5.41) is 12.1. The van der Waals surface area contributed by atoms with Gasteiger partial charge in [-0.25, -0.2) is 13.4 Å². The highest BCUT2D eigenvalue weighted by molar-refractivity contribution is 7.90. The molecule has 6 nitrogen and oxygen atoms in total. The van der Waals surface area contributed by atoms with Crippen LogP contribution in [0.5, 0.6) is 0 Å². The first-order chi connectivity index (χ1) is 8.12. The number of aryl methyl sites for hydroxylation is 1. The summed E-state index contributed by atoms with van der Waals surface area (Å²) in [5.74, 6) is -0.125. The maximum absolute atomic E-state index is 11.9. The zero-order valence-electron chi connectivity index (χ0n) is 9.25. The van der Waals surface area contributed by atoms with E-state index in [9.17, 15) is 8.42 Å². The van der Waals surface area contributed by atoms with Crippen LogP contribution in [0, 0.1) is 0 Å². The van der Waals surface area contributed by atoms with Gasteiger partial charge in [0.25, 0.3) is 0 Å². The molecule has 92 valence electrons. The Bertz CT molecular complexity index is 574. The van der Waals surface area contributed by atoms with Gasteiger partial charge in [0.2, 0.25) is 9.84 Å². The molecule has 0 aliphatic heterocycles. The molecule has 2 aromatic heterocycles. The fourth-order valence-corrected chi connectivity index (χ4v) is 3.44. The largest absolute Gasteiger partial charge is 0.245 e. The molecule has 2 aromatic rings.